The number of nitrogens with two attached hydrogens (primary N) is 1. The number of hydrogen-bond donors (Lipinski definition) is 5. The van der Waals surface area contributed by atoms with Crippen LogP contribution in [0.1, 0.15) is 12.8 Å². The van der Waals surface area contributed by atoms with Crippen molar-refractivity contribution in [3.05, 3.63) is 0 Å². The minimum atomic E-state index is -4.18. The minimum Gasteiger partial charge on any atom is -0.481 e. The summed E-state index contributed by atoms with van der Waals surface area (Å²) in [4.78, 5) is 30.4. The van der Waals surface area contributed by atoms with Gasteiger partial charge in [0.2, 0.25) is 0 Å². The van der Waals surface area contributed by atoms with Crippen molar-refractivity contribution in [3.63, 3.8) is 0 Å². The molecule has 0 aromatic rings. The van der Waals surface area contributed by atoms with Crippen molar-refractivity contribution in [1.29, 1.82) is 0 Å². The molecular formula is C6H14N3O5P. The van der Waals surface area contributed by atoms with E-state index in [1.807, 2.05) is 0 Å². The Hall–Kier alpha value is -1.11. The fourth-order valence-electron chi connectivity index (χ4n) is 0.680. The lowest BCUT2D eigenvalue weighted by molar-refractivity contribution is -0.137. The van der Waals surface area contributed by atoms with Gasteiger partial charge in [-0.2, -0.15) is 0 Å². The van der Waals surface area contributed by atoms with E-state index in [1.165, 1.54) is 0 Å². The standard InChI is InChI=1S/C6H14N3O5P/c7-6(9-4-15(12,13)14)8-3-1-2-5(10)11/h1-4H2,(H,10,11)(H3,7,8,9)(H2,12,13,14). The van der Waals surface area contributed by atoms with Gasteiger partial charge in [-0.05, 0) is 6.42 Å². The van der Waals surface area contributed by atoms with Gasteiger partial charge in [-0.15, -0.1) is 0 Å². The van der Waals surface area contributed by atoms with E-state index in [0.29, 0.717) is 13.0 Å². The average Bonchev–Trinajstić information content (AvgIpc) is 2.07. The molecule has 0 bridgehead atoms. The van der Waals surface area contributed by atoms with Crippen LogP contribution in [-0.2, 0) is 9.36 Å². The fraction of sp³-hybridized carbons (Fsp3) is 0.667. The maximum Gasteiger partial charge on any atom is 0.346 e. The van der Waals surface area contributed by atoms with E-state index < -0.39 is 19.9 Å². The molecule has 0 aromatic heterocycles. The molecule has 0 amide bonds. The van der Waals surface area contributed by atoms with Crippen molar-refractivity contribution in [2.24, 2.45) is 10.7 Å². The van der Waals surface area contributed by atoms with Crippen LogP contribution in [0.4, 0.5) is 0 Å². The summed E-state index contributed by atoms with van der Waals surface area (Å²) < 4.78 is 10.4. The summed E-state index contributed by atoms with van der Waals surface area (Å²) >= 11 is 0. The monoisotopic (exact) mass is 239 g/mol. The molecule has 0 radical (unpaired) electrons. The number of nitrogens with one attached hydrogen (secondary N) is 1. The Balaban J connectivity index is 3.69. The third-order valence-corrected chi connectivity index (χ3v) is 1.81. The highest BCUT2D eigenvalue weighted by Crippen LogP contribution is 2.33. The van der Waals surface area contributed by atoms with Gasteiger partial charge in [0.25, 0.3) is 0 Å². The van der Waals surface area contributed by atoms with Crippen LogP contribution in [0.2, 0.25) is 0 Å². The van der Waals surface area contributed by atoms with Crippen LogP contribution in [-0.4, -0.2) is 39.7 Å². The first-order chi connectivity index (χ1) is 6.81. The number of rotatable bonds is 6. The molecule has 0 fully saturated rings. The second-order valence-electron chi connectivity index (χ2n) is 2.77. The predicted octanol–water partition coefficient (Wildman–Crippen LogP) is -1.11. The lowest BCUT2D eigenvalue weighted by atomic mass is 10.3. The SMILES string of the molecule is N/C(=N\CP(=O)(O)O)NCCCC(=O)O. The first-order valence-electron chi connectivity index (χ1n) is 4.11. The Morgan fingerprint density at radius 2 is 2.07 bits per heavy atom. The zero-order chi connectivity index (χ0) is 11.9. The van der Waals surface area contributed by atoms with Crippen LogP contribution >= 0.6 is 7.60 Å². The fourth-order valence-corrected chi connectivity index (χ4v) is 1.02. The molecule has 0 spiro atoms. The first-order valence-corrected chi connectivity index (χ1v) is 5.91. The molecule has 9 heteroatoms. The maximum atomic E-state index is 10.4. The third-order valence-electron chi connectivity index (χ3n) is 1.30. The minimum absolute atomic E-state index is 0.00122. The van der Waals surface area contributed by atoms with E-state index in [0.717, 1.165) is 0 Å². The molecule has 0 saturated heterocycles. The second-order valence-corrected chi connectivity index (χ2v) is 4.39. The summed E-state index contributed by atoms with van der Waals surface area (Å²) in [6, 6.07) is 0. The molecule has 0 aliphatic rings. The molecule has 15 heavy (non-hydrogen) atoms. The van der Waals surface area contributed by atoms with Gasteiger partial charge in [0.15, 0.2) is 5.96 Å². The molecule has 0 rings (SSSR count). The van der Waals surface area contributed by atoms with Crippen LogP contribution in [0, 0.1) is 0 Å². The normalized spacial score (nSPS) is 12.5. The largest absolute Gasteiger partial charge is 0.481 e. The number of guanidine groups is 1. The van der Waals surface area contributed by atoms with Crippen molar-refractivity contribution in [2.75, 3.05) is 12.8 Å². The lowest BCUT2D eigenvalue weighted by Crippen LogP contribution is -2.32. The van der Waals surface area contributed by atoms with E-state index in [4.69, 9.17) is 20.6 Å². The Labute approximate surface area is 86.4 Å². The van der Waals surface area contributed by atoms with E-state index in [9.17, 15) is 9.36 Å². The number of aliphatic imine (C=N–C) groups is 1. The van der Waals surface area contributed by atoms with Gasteiger partial charge in [0, 0.05) is 13.0 Å². The van der Waals surface area contributed by atoms with Crippen molar-refractivity contribution >= 4 is 19.5 Å². The molecule has 0 heterocycles. The van der Waals surface area contributed by atoms with Crippen LogP contribution < -0.4 is 11.1 Å². The quantitative estimate of drug-likeness (QED) is 0.171. The van der Waals surface area contributed by atoms with Gasteiger partial charge in [-0.3, -0.25) is 9.36 Å². The summed E-state index contributed by atoms with van der Waals surface area (Å²) in [5, 5.41) is 10.8. The van der Waals surface area contributed by atoms with Crippen molar-refractivity contribution in [2.45, 2.75) is 12.8 Å². The summed E-state index contributed by atoms with van der Waals surface area (Å²) in [5.74, 6) is -1.02. The zero-order valence-corrected chi connectivity index (χ0v) is 8.85. The van der Waals surface area contributed by atoms with Gasteiger partial charge < -0.3 is 25.9 Å². The highest BCUT2D eigenvalue weighted by Gasteiger charge is 2.10. The van der Waals surface area contributed by atoms with Crippen molar-refractivity contribution in [3.8, 4) is 0 Å². The molecule has 0 unspecified atom stereocenters. The summed E-state index contributed by atoms with van der Waals surface area (Å²) in [6.07, 6.45) is -0.314. The summed E-state index contributed by atoms with van der Waals surface area (Å²) in [7, 11) is -4.18. The summed E-state index contributed by atoms with van der Waals surface area (Å²) in [5.41, 5.74) is 5.25. The molecular weight excluding hydrogens is 225 g/mol. The highest BCUT2D eigenvalue weighted by molar-refractivity contribution is 7.51. The smallest absolute Gasteiger partial charge is 0.346 e. The molecule has 88 valence electrons. The molecule has 0 saturated carbocycles. The number of carboxylic acids is 1. The Kier molecular flexibility index (Phi) is 5.92. The van der Waals surface area contributed by atoms with Crippen molar-refractivity contribution in [1.82, 2.24) is 5.32 Å². The van der Waals surface area contributed by atoms with Crippen LogP contribution in [0.3, 0.4) is 0 Å². The predicted molar refractivity (Wildman–Crippen MR) is 53.4 cm³/mol. The summed E-state index contributed by atoms with van der Waals surface area (Å²) in [6.45, 7) is 0.294. The van der Waals surface area contributed by atoms with Crippen LogP contribution in [0.15, 0.2) is 4.99 Å². The maximum absolute atomic E-state index is 10.4. The van der Waals surface area contributed by atoms with Gasteiger partial charge >= 0.3 is 13.6 Å². The first kappa shape index (κ1) is 13.9. The van der Waals surface area contributed by atoms with Crippen LogP contribution in [0.25, 0.3) is 0 Å². The topological polar surface area (TPSA) is 145 Å². The van der Waals surface area contributed by atoms with Gasteiger partial charge in [-0.25, -0.2) is 4.99 Å². The highest BCUT2D eigenvalue weighted by atomic mass is 31.2. The molecule has 0 aliphatic carbocycles. The van der Waals surface area contributed by atoms with E-state index in [2.05, 4.69) is 10.3 Å². The Morgan fingerprint density at radius 3 is 2.53 bits per heavy atom. The molecule has 8 nitrogen and oxygen atoms in total. The van der Waals surface area contributed by atoms with Crippen LogP contribution in [0.5, 0.6) is 0 Å². The number of carboxylic acid groups (broad SMARTS) is 1. The number of hydrogen-bond acceptors (Lipinski definition) is 3. The molecule has 6 N–H and O–H groups in total. The second kappa shape index (κ2) is 6.39. The number of carbonyl (C=O) groups is 1. The molecule has 0 atom stereocenters. The van der Waals surface area contributed by atoms with Crippen molar-refractivity contribution < 1.29 is 24.3 Å². The number of nitrogens with zero attached hydrogens (tertiary/aromatic N) is 1. The average molecular weight is 239 g/mol. The lowest BCUT2D eigenvalue weighted by Gasteiger charge is -2.04. The van der Waals surface area contributed by atoms with Gasteiger partial charge in [0.1, 0.15) is 6.29 Å². The Bertz CT molecular complexity index is 286. The van der Waals surface area contributed by atoms with E-state index in [-0.39, 0.29) is 12.4 Å². The van der Waals surface area contributed by atoms with E-state index >= 15 is 0 Å². The number of aliphatic carboxylic acids is 1. The van der Waals surface area contributed by atoms with Gasteiger partial charge in [0.05, 0.1) is 0 Å². The molecule has 0 aliphatic heterocycles. The molecule has 0 aromatic carbocycles. The van der Waals surface area contributed by atoms with E-state index in [1.54, 1.807) is 0 Å². The van der Waals surface area contributed by atoms with Gasteiger partial charge in [-0.1, -0.05) is 0 Å². The Morgan fingerprint density at radius 1 is 1.47 bits per heavy atom. The zero-order valence-electron chi connectivity index (χ0n) is 7.96. The third kappa shape index (κ3) is 10.8.